The second kappa shape index (κ2) is 16.5. The molecule has 0 bridgehead atoms. The summed E-state index contributed by atoms with van der Waals surface area (Å²) in [7, 11) is 0. The van der Waals surface area contributed by atoms with Crippen molar-refractivity contribution in [1.82, 2.24) is 9.80 Å². The Morgan fingerprint density at radius 3 is 2.27 bits per heavy atom. The van der Waals surface area contributed by atoms with Gasteiger partial charge in [-0.3, -0.25) is 19.4 Å². The maximum Gasteiger partial charge on any atom is 0.416 e. The van der Waals surface area contributed by atoms with Crippen molar-refractivity contribution < 1.29 is 55.2 Å². The molecule has 0 atom stereocenters. The van der Waals surface area contributed by atoms with E-state index in [4.69, 9.17) is 31.5 Å². The molecule has 272 valence electrons. The molecular formula is C35H32F6N2O6S2. The zero-order valence-corrected chi connectivity index (χ0v) is 28.5. The van der Waals surface area contributed by atoms with Crippen LogP contribution < -0.4 is 9.47 Å². The fourth-order valence-electron chi connectivity index (χ4n) is 5.37. The number of nitrogens with zero attached hydrogens (tertiary/aromatic N) is 2. The van der Waals surface area contributed by atoms with E-state index < -0.39 is 35.4 Å². The summed E-state index contributed by atoms with van der Waals surface area (Å²) in [6.45, 7) is 3.73. The molecule has 1 N–H and O–H groups in total. The molecule has 0 aliphatic carbocycles. The quantitative estimate of drug-likeness (QED) is 0.0831. The molecule has 51 heavy (non-hydrogen) atoms. The number of carbonyl (C=O) groups excluding carboxylic acids is 1. The fourth-order valence-corrected chi connectivity index (χ4v) is 6.67. The minimum absolute atomic E-state index is 0.0541. The number of hydrogen-bond acceptors (Lipinski definition) is 8. The lowest BCUT2D eigenvalue weighted by atomic mass is 9.97. The number of rotatable bonds is 13. The van der Waals surface area contributed by atoms with Crippen molar-refractivity contribution in [1.29, 1.82) is 0 Å². The van der Waals surface area contributed by atoms with Crippen LogP contribution in [0.1, 0.15) is 28.7 Å². The standard InChI is InChI=1S/C35H32F6N2O6S2/c36-34(37,38)26-18-24(19-27(21-26)35(39,40)41)23-5-6-29(49-14-10-42-8-12-47-13-9-42)25(17-23)20-30-32(46)43(33(50)51-30)7-2-11-48-28-4-1-3-22(15-28)16-31(44)45/h1,3-6,15,17-21H,2,7-14,16H2,(H,44,45)/b30-20-. The molecule has 16 heteroatoms. The van der Waals surface area contributed by atoms with Gasteiger partial charge in [0.25, 0.3) is 5.91 Å². The van der Waals surface area contributed by atoms with E-state index in [2.05, 4.69) is 4.90 Å². The first kappa shape index (κ1) is 38.1. The summed E-state index contributed by atoms with van der Waals surface area (Å²) >= 11 is 6.46. The van der Waals surface area contributed by atoms with Crippen LogP contribution in [-0.2, 0) is 33.1 Å². The van der Waals surface area contributed by atoms with Crippen molar-refractivity contribution >= 4 is 46.3 Å². The Hall–Kier alpha value is -4.12. The monoisotopic (exact) mass is 754 g/mol. The lowest BCUT2D eigenvalue weighted by molar-refractivity contribution is -0.143. The van der Waals surface area contributed by atoms with Gasteiger partial charge >= 0.3 is 18.3 Å². The summed E-state index contributed by atoms with van der Waals surface area (Å²) in [5, 5.41) is 9.01. The molecule has 2 aliphatic heterocycles. The highest BCUT2D eigenvalue weighted by atomic mass is 32.2. The zero-order valence-electron chi connectivity index (χ0n) is 26.9. The molecule has 5 rings (SSSR count). The first-order chi connectivity index (χ1) is 24.2. The number of carboxylic acid groups (broad SMARTS) is 1. The number of morpholine rings is 1. The van der Waals surface area contributed by atoms with Gasteiger partial charge in [0.15, 0.2) is 0 Å². The van der Waals surface area contributed by atoms with Gasteiger partial charge in [-0.15, -0.1) is 0 Å². The summed E-state index contributed by atoms with van der Waals surface area (Å²) in [6.07, 6.45) is -8.35. The molecule has 2 saturated heterocycles. The minimum Gasteiger partial charge on any atom is -0.494 e. The third-order valence-electron chi connectivity index (χ3n) is 7.91. The van der Waals surface area contributed by atoms with Crippen molar-refractivity contribution in [3.05, 3.63) is 87.8 Å². The van der Waals surface area contributed by atoms with Gasteiger partial charge in [-0.25, -0.2) is 0 Å². The number of aliphatic carboxylic acids is 1. The Balaban J connectivity index is 1.36. The third-order valence-corrected chi connectivity index (χ3v) is 9.29. The maximum atomic E-state index is 13.6. The van der Waals surface area contributed by atoms with Crippen LogP contribution in [0.3, 0.4) is 0 Å². The number of ether oxygens (including phenoxy) is 3. The first-order valence-electron chi connectivity index (χ1n) is 15.7. The van der Waals surface area contributed by atoms with E-state index in [1.807, 2.05) is 0 Å². The van der Waals surface area contributed by atoms with Crippen LogP contribution in [0.25, 0.3) is 17.2 Å². The summed E-state index contributed by atoms with van der Waals surface area (Å²) in [5.41, 5.74) is -2.31. The van der Waals surface area contributed by atoms with Gasteiger partial charge < -0.3 is 19.3 Å². The van der Waals surface area contributed by atoms with Crippen LogP contribution >= 0.6 is 24.0 Å². The van der Waals surface area contributed by atoms with Gasteiger partial charge in [-0.05, 0) is 71.7 Å². The van der Waals surface area contributed by atoms with Crippen molar-refractivity contribution in [3.63, 3.8) is 0 Å². The number of hydrogen-bond donors (Lipinski definition) is 1. The van der Waals surface area contributed by atoms with E-state index in [1.165, 1.54) is 29.2 Å². The fraction of sp³-hybridized carbons (Fsp3) is 0.343. The maximum absolute atomic E-state index is 13.6. The lowest BCUT2D eigenvalue weighted by Crippen LogP contribution is -2.38. The predicted molar refractivity (Wildman–Crippen MR) is 182 cm³/mol. The minimum atomic E-state index is -5.02. The molecule has 3 aromatic carbocycles. The van der Waals surface area contributed by atoms with Gasteiger partial charge in [-0.1, -0.05) is 42.2 Å². The van der Waals surface area contributed by atoms with E-state index in [0.717, 1.165) is 11.8 Å². The predicted octanol–water partition coefficient (Wildman–Crippen LogP) is 7.40. The van der Waals surface area contributed by atoms with Crippen LogP contribution in [0, 0.1) is 0 Å². The summed E-state index contributed by atoms with van der Waals surface area (Å²) in [5.74, 6) is -0.655. The normalized spacial score (nSPS) is 16.6. The highest BCUT2D eigenvalue weighted by Crippen LogP contribution is 2.40. The first-order valence-corrected chi connectivity index (χ1v) is 17.0. The number of thioether (sulfide) groups is 1. The molecule has 2 heterocycles. The molecule has 0 unspecified atom stereocenters. The third kappa shape index (κ3) is 10.5. The van der Waals surface area contributed by atoms with Crippen molar-refractivity contribution in [3.8, 4) is 22.6 Å². The van der Waals surface area contributed by atoms with Gasteiger partial charge in [0, 0.05) is 31.7 Å². The van der Waals surface area contributed by atoms with Crippen molar-refractivity contribution in [2.75, 3.05) is 52.6 Å². The average Bonchev–Trinajstić information content (AvgIpc) is 3.34. The number of thiocarbonyl (C=S) groups is 1. The van der Waals surface area contributed by atoms with Gasteiger partial charge in [0.2, 0.25) is 0 Å². The smallest absolute Gasteiger partial charge is 0.416 e. The Bertz CT molecular complexity index is 1760. The molecule has 3 aromatic rings. The van der Waals surface area contributed by atoms with Crippen LogP contribution in [-0.4, -0.2) is 83.7 Å². The molecular weight excluding hydrogens is 723 g/mol. The summed E-state index contributed by atoms with van der Waals surface area (Å²) < 4.78 is 99.2. The van der Waals surface area contributed by atoms with Crippen molar-refractivity contribution in [2.45, 2.75) is 25.2 Å². The summed E-state index contributed by atoms with van der Waals surface area (Å²) in [6, 6.07) is 12.2. The highest BCUT2D eigenvalue weighted by molar-refractivity contribution is 8.26. The Morgan fingerprint density at radius 1 is 0.902 bits per heavy atom. The van der Waals surface area contributed by atoms with Gasteiger partial charge in [0.1, 0.15) is 22.4 Å². The molecule has 0 aromatic heterocycles. The zero-order chi connectivity index (χ0) is 36.8. The summed E-state index contributed by atoms with van der Waals surface area (Å²) in [4.78, 5) is 28.2. The van der Waals surface area contributed by atoms with Crippen molar-refractivity contribution in [2.24, 2.45) is 0 Å². The number of carbonyl (C=O) groups is 2. The van der Waals surface area contributed by atoms with Crippen LogP contribution in [0.5, 0.6) is 11.5 Å². The number of carboxylic acids is 1. The number of alkyl halides is 6. The Morgan fingerprint density at radius 2 is 1.61 bits per heavy atom. The van der Waals surface area contributed by atoms with Crippen LogP contribution in [0.4, 0.5) is 26.3 Å². The Labute approximate surface area is 299 Å². The van der Waals surface area contributed by atoms with E-state index >= 15 is 0 Å². The second-order valence-electron chi connectivity index (χ2n) is 11.6. The molecule has 1 amide bonds. The largest absolute Gasteiger partial charge is 0.494 e. The average molecular weight is 755 g/mol. The van der Waals surface area contributed by atoms with Crippen LogP contribution in [0.2, 0.25) is 0 Å². The van der Waals surface area contributed by atoms with Crippen LogP contribution in [0.15, 0.2) is 65.6 Å². The molecule has 0 saturated carbocycles. The topological polar surface area (TPSA) is 88.5 Å². The molecule has 0 spiro atoms. The number of benzene rings is 3. The molecule has 2 aliphatic rings. The van der Waals surface area contributed by atoms with E-state index in [-0.39, 0.29) is 63.9 Å². The second-order valence-corrected chi connectivity index (χ2v) is 13.3. The number of halogens is 6. The molecule has 0 radical (unpaired) electrons. The van der Waals surface area contributed by atoms with E-state index in [9.17, 15) is 35.9 Å². The SMILES string of the molecule is O=C(O)Cc1cccc(OCCCN2C(=O)/C(=C/c3cc(-c4cc(C(F)(F)F)cc(C(F)(F)F)c4)ccc3OCCN3CCOCC3)SC2=S)c1. The highest BCUT2D eigenvalue weighted by Gasteiger charge is 2.37. The van der Waals surface area contributed by atoms with Gasteiger partial charge in [-0.2, -0.15) is 26.3 Å². The molecule has 8 nitrogen and oxygen atoms in total. The lowest BCUT2D eigenvalue weighted by Gasteiger charge is -2.26. The Kier molecular flexibility index (Phi) is 12.3. The van der Waals surface area contributed by atoms with E-state index in [0.29, 0.717) is 62.7 Å². The van der Waals surface area contributed by atoms with E-state index in [1.54, 1.807) is 24.3 Å². The number of amides is 1. The van der Waals surface area contributed by atoms with Gasteiger partial charge in [0.05, 0.1) is 42.3 Å². The molecule has 2 fully saturated rings.